The van der Waals surface area contributed by atoms with E-state index in [9.17, 15) is 9.90 Å². The molecule has 1 saturated heterocycles. The van der Waals surface area contributed by atoms with E-state index in [0.29, 0.717) is 13.0 Å². The molecule has 1 aliphatic heterocycles. The molecular formula is C9H14O3. The monoisotopic (exact) mass is 170 g/mol. The molecule has 1 N–H and O–H groups in total. The minimum atomic E-state index is -0.579. The van der Waals surface area contributed by atoms with Gasteiger partial charge in [0, 0.05) is 5.92 Å². The van der Waals surface area contributed by atoms with E-state index in [2.05, 4.69) is 6.58 Å². The number of ether oxygens (including phenoxy) is 1. The van der Waals surface area contributed by atoms with Crippen molar-refractivity contribution in [3.8, 4) is 0 Å². The Bertz CT molecular complexity index is 188. The predicted octanol–water partition coefficient (Wildman–Crippen LogP) is 0.732. The third-order valence-electron chi connectivity index (χ3n) is 2.21. The van der Waals surface area contributed by atoms with Crippen LogP contribution in [0.1, 0.15) is 13.3 Å². The number of carbonyl (C=O) groups excluding carboxylic acids is 1. The van der Waals surface area contributed by atoms with Crippen molar-refractivity contribution >= 4 is 5.97 Å². The highest BCUT2D eigenvalue weighted by Crippen LogP contribution is 2.23. The third kappa shape index (κ3) is 1.67. The number of hydrogen-bond acceptors (Lipinski definition) is 3. The van der Waals surface area contributed by atoms with Crippen LogP contribution in [0.5, 0.6) is 0 Å². The zero-order chi connectivity index (χ0) is 9.14. The van der Waals surface area contributed by atoms with Crippen LogP contribution < -0.4 is 0 Å². The van der Waals surface area contributed by atoms with Crippen molar-refractivity contribution in [3.63, 3.8) is 0 Å². The van der Waals surface area contributed by atoms with Crippen LogP contribution >= 0.6 is 0 Å². The summed E-state index contributed by atoms with van der Waals surface area (Å²) in [4.78, 5) is 11.1. The van der Waals surface area contributed by atoms with Gasteiger partial charge in [-0.15, -0.1) is 6.58 Å². The Morgan fingerprint density at radius 2 is 2.50 bits per heavy atom. The zero-order valence-corrected chi connectivity index (χ0v) is 7.19. The second kappa shape index (κ2) is 3.72. The summed E-state index contributed by atoms with van der Waals surface area (Å²) in [5.74, 6) is -0.681. The second-order valence-corrected chi connectivity index (χ2v) is 3.23. The molecule has 0 unspecified atom stereocenters. The van der Waals surface area contributed by atoms with Crippen LogP contribution in [0.25, 0.3) is 0 Å². The summed E-state index contributed by atoms with van der Waals surface area (Å²) in [6, 6.07) is 0. The molecule has 0 amide bonds. The van der Waals surface area contributed by atoms with Gasteiger partial charge in [0.1, 0.15) is 0 Å². The summed E-state index contributed by atoms with van der Waals surface area (Å²) in [6.45, 7) is 5.73. The predicted molar refractivity (Wildman–Crippen MR) is 44.4 cm³/mol. The summed E-state index contributed by atoms with van der Waals surface area (Å²) in [5.41, 5.74) is 0. The summed E-state index contributed by atoms with van der Waals surface area (Å²) in [6.07, 6.45) is 1.54. The maximum Gasteiger partial charge on any atom is 0.311 e. The van der Waals surface area contributed by atoms with Gasteiger partial charge >= 0.3 is 5.97 Å². The molecule has 0 aromatic heterocycles. The Hall–Kier alpha value is -0.830. The summed E-state index contributed by atoms with van der Waals surface area (Å²) >= 11 is 0. The van der Waals surface area contributed by atoms with Crippen LogP contribution in [-0.2, 0) is 9.53 Å². The maximum absolute atomic E-state index is 11.1. The van der Waals surface area contributed by atoms with Crippen molar-refractivity contribution in [2.45, 2.75) is 19.4 Å². The molecule has 0 aromatic carbocycles. The van der Waals surface area contributed by atoms with Crippen molar-refractivity contribution in [1.29, 1.82) is 0 Å². The van der Waals surface area contributed by atoms with Crippen molar-refractivity contribution < 1.29 is 14.6 Å². The lowest BCUT2D eigenvalue weighted by Gasteiger charge is -2.30. The van der Waals surface area contributed by atoms with Crippen LogP contribution in [0, 0.1) is 11.8 Å². The van der Waals surface area contributed by atoms with Gasteiger partial charge in [0.05, 0.1) is 18.6 Å². The molecule has 0 bridgehead atoms. The first-order valence-electron chi connectivity index (χ1n) is 4.12. The van der Waals surface area contributed by atoms with Crippen LogP contribution in [0.15, 0.2) is 12.7 Å². The largest absolute Gasteiger partial charge is 0.465 e. The van der Waals surface area contributed by atoms with E-state index in [-0.39, 0.29) is 11.9 Å². The first kappa shape index (κ1) is 9.26. The van der Waals surface area contributed by atoms with E-state index in [1.807, 2.05) is 6.92 Å². The lowest BCUT2D eigenvalue weighted by Crippen LogP contribution is -2.41. The first-order valence-corrected chi connectivity index (χ1v) is 4.12. The van der Waals surface area contributed by atoms with E-state index in [1.165, 1.54) is 0 Å². The standard InChI is InChI=1S/C9H14O3/c1-3-4-7-8(10)6(2)5-12-9(7)11/h3,6-8,10H,1,4-5H2,2H3/t6-,7-,8+/m0/s1. The van der Waals surface area contributed by atoms with Gasteiger partial charge in [0.15, 0.2) is 0 Å². The van der Waals surface area contributed by atoms with Crippen LogP contribution in [0.4, 0.5) is 0 Å². The summed E-state index contributed by atoms with van der Waals surface area (Å²) in [7, 11) is 0. The average Bonchev–Trinajstić information content (AvgIpc) is 2.06. The molecule has 1 fully saturated rings. The van der Waals surface area contributed by atoms with E-state index < -0.39 is 12.0 Å². The molecule has 68 valence electrons. The fourth-order valence-electron chi connectivity index (χ4n) is 1.37. The average molecular weight is 170 g/mol. The first-order chi connectivity index (χ1) is 5.66. The molecule has 1 aliphatic rings. The van der Waals surface area contributed by atoms with E-state index in [4.69, 9.17) is 4.74 Å². The highest BCUT2D eigenvalue weighted by Gasteiger charge is 2.35. The van der Waals surface area contributed by atoms with Crippen molar-refractivity contribution in [1.82, 2.24) is 0 Å². The number of allylic oxidation sites excluding steroid dienone is 1. The zero-order valence-electron chi connectivity index (χ0n) is 7.19. The molecule has 0 aromatic rings. The van der Waals surface area contributed by atoms with Gasteiger partial charge in [-0.2, -0.15) is 0 Å². The number of hydrogen-bond donors (Lipinski definition) is 1. The second-order valence-electron chi connectivity index (χ2n) is 3.23. The highest BCUT2D eigenvalue weighted by atomic mass is 16.5. The van der Waals surface area contributed by atoms with Crippen LogP contribution in [-0.4, -0.2) is 23.8 Å². The summed E-state index contributed by atoms with van der Waals surface area (Å²) < 4.78 is 4.88. The number of esters is 1. The smallest absolute Gasteiger partial charge is 0.311 e. The van der Waals surface area contributed by atoms with Gasteiger partial charge in [0.2, 0.25) is 0 Å². The van der Waals surface area contributed by atoms with Gasteiger partial charge in [-0.1, -0.05) is 13.0 Å². The van der Waals surface area contributed by atoms with Crippen LogP contribution in [0.2, 0.25) is 0 Å². The molecule has 0 saturated carbocycles. The molecular weight excluding hydrogens is 156 g/mol. The molecule has 0 aliphatic carbocycles. The number of carbonyl (C=O) groups is 1. The fraction of sp³-hybridized carbons (Fsp3) is 0.667. The van der Waals surface area contributed by atoms with E-state index >= 15 is 0 Å². The number of cyclic esters (lactones) is 1. The highest BCUT2D eigenvalue weighted by molar-refractivity contribution is 5.74. The molecule has 1 heterocycles. The quantitative estimate of drug-likeness (QED) is 0.491. The Labute approximate surface area is 72.0 Å². The van der Waals surface area contributed by atoms with E-state index in [0.717, 1.165) is 0 Å². The Balaban J connectivity index is 2.64. The SMILES string of the molecule is C=CC[C@@H]1C(=O)OC[C@H](C)[C@H]1O. The number of rotatable bonds is 2. The topological polar surface area (TPSA) is 46.5 Å². The van der Waals surface area contributed by atoms with Gasteiger partial charge in [0.25, 0.3) is 0 Å². The number of aliphatic hydroxyl groups is 1. The normalized spacial score (nSPS) is 35.8. The lowest BCUT2D eigenvalue weighted by atomic mass is 9.88. The van der Waals surface area contributed by atoms with Gasteiger partial charge < -0.3 is 9.84 Å². The summed E-state index contributed by atoms with van der Waals surface area (Å²) in [5, 5.41) is 9.59. The molecule has 3 nitrogen and oxygen atoms in total. The lowest BCUT2D eigenvalue weighted by molar-refractivity contribution is -0.166. The van der Waals surface area contributed by atoms with Crippen LogP contribution in [0.3, 0.4) is 0 Å². The van der Waals surface area contributed by atoms with Crippen molar-refractivity contribution in [2.75, 3.05) is 6.61 Å². The van der Waals surface area contributed by atoms with Crippen molar-refractivity contribution in [3.05, 3.63) is 12.7 Å². The molecule has 3 atom stereocenters. The molecule has 12 heavy (non-hydrogen) atoms. The molecule has 0 spiro atoms. The maximum atomic E-state index is 11.1. The Kier molecular flexibility index (Phi) is 2.87. The van der Waals surface area contributed by atoms with Gasteiger partial charge in [-0.25, -0.2) is 0 Å². The number of aliphatic hydroxyl groups excluding tert-OH is 1. The van der Waals surface area contributed by atoms with E-state index in [1.54, 1.807) is 6.08 Å². The Morgan fingerprint density at radius 3 is 3.08 bits per heavy atom. The Morgan fingerprint density at radius 1 is 1.83 bits per heavy atom. The molecule has 3 heteroatoms. The minimum Gasteiger partial charge on any atom is -0.465 e. The van der Waals surface area contributed by atoms with Gasteiger partial charge in [-0.3, -0.25) is 4.79 Å². The fourth-order valence-corrected chi connectivity index (χ4v) is 1.37. The van der Waals surface area contributed by atoms with Crippen molar-refractivity contribution in [2.24, 2.45) is 11.8 Å². The molecule has 0 radical (unpaired) electrons. The third-order valence-corrected chi connectivity index (χ3v) is 2.21. The minimum absolute atomic E-state index is 0.0349. The van der Waals surface area contributed by atoms with Gasteiger partial charge in [-0.05, 0) is 6.42 Å². The molecule has 1 rings (SSSR count).